The minimum absolute atomic E-state index is 0.0637. The van der Waals surface area contributed by atoms with Gasteiger partial charge in [0.2, 0.25) is 0 Å². The molecule has 0 aromatic heterocycles. The molecule has 4 heteroatoms. The highest BCUT2D eigenvalue weighted by molar-refractivity contribution is 7.85. The summed E-state index contributed by atoms with van der Waals surface area (Å²) in [4.78, 5) is 0. The second kappa shape index (κ2) is 5.70. The van der Waals surface area contributed by atoms with Gasteiger partial charge in [0.25, 0.3) is 0 Å². The topological polar surface area (TPSA) is 57.5 Å². The first-order chi connectivity index (χ1) is 10.6. The first-order valence-electron chi connectivity index (χ1n) is 6.85. The molecule has 0 radical (unpaired) electrons. The lowest BCUT2D eigenvalue weighted by molar-refractivity contribution is 0.475. The monoisotopic (exact) mass is 310 g/mol. The molecule has 0 heterocycles. The largest absolute Gasteiger partial charge is 0.508 e. The number of phenols is 2. The Bertz CT molecular complexity index is 794. The molecule has 0 aliphatic carbocycles. The molecule has 3 rings (SSSR count). The van der Waals surface area contributed by atoms with Crippen molar-refractivity contribution >= 4 is 23.1 Å². The van der Waals surface area contributed by atoms with Gasteiger partial charge in [0.15, 0.2) is 7.14 Å². The smallest absolute Gasteiger partial charge is 0.171 e. The fraction of sp³-hybridized carbons (Fsp3) is 0. The first kappa shape index (κ1) is 14.4. The highest BCUT2D eigenvalue weighted by atomic mass is 31.2. The summed E-state index contributed by atoms with van der Waals surface area (Å²) in [6, 6.07) is 22.0. The van der Waals surface area contributed by atoms with Crippen LogP contribution < -0.4 is 15.9 Å². The van der Waals surface area contributed by atoms with E-state index in [-0.39, 0.29) is 11.5 Å². The highest BCUT2D eigenvalue weighted by Crippen LogP contribution is 2.43. The van der Waals surface area contributed by atoms with Gasteiger partial charge in [-0.25, -0.2) is 0 Å². The van der Waals surface area contributed by atoms with Crippen LogP contribution in [0.25, 0.3) is 0 Å². The Kier molecular flexibility index (Phi) is 3.74. The van der Waals surface area contributed by atoms with Crippen LogP contribution in [0.2, 0.25) is 0 Å². The van der Waals surface area contributed by atoms with Crippen LogP contribution in [0.3, 0.4) is 0 Å². The molecule has 0 atom stereocenters. The predicted octanol–water partition coefficient (Wildman–Crippen LogP) is 2.74. The zero-order valence-electron chi connectivity index (χ0n) is 11.8. The average molecular weight is 310 g/mol. The molecule has 3 nitrogen and oxygen atoms in total. The molecule has 2 N–H and O–H groups in total. The van der Waals surface area contributed by atoms with Gasteiger partial charge >= 0.3 is 0 Å². The molecule has 0 amide bonds. The van der Waals surface area contributed by atoms with Crippen LogP contribution in [-0.2, 0) is 4.57 Å². The van der Waals surface area contributed by atoms with E-state index in [1.54, 1.807) is 48.5 Å². The Balaban J connectivity index is 2.30. The van der Waals surface area contributed by atoms with Crippen molar-refractivity contribution in [1.29, 1.82) is 0 Å². The first-order valence-corrected chi connectivity index (χ1v) is 8.56. The van der Waals surface area contributed by atoms with Gasteiger partial charge in [-0.2, -0.15) is 0 Å². The number of rotatable bonds is 3. The van der Waals surface area contributed by atoms with E-state index >= 15 is 0 Å². The van der Waals surface area contributed by atoms with E-state index in [4.69, 9.17) is 0 Å². The molecule has 22 heavy (non-hydrogen) atoms. The number of aromatic hydroxyl groups is 2. The van der Waals surface area contributed by atoms with E-state index in [0.29, 0.717) is 15.9 Å². The number of benzene rings is 3. The molecular weight excluding hydrogens is 295 g/mol. The SMILES string of the molecule is O=P(c1ccccc1)(c1cccc(O)c1)c1cccc(O)c1. The second-order valence-corrected chi connectivity index (χ2v) is 7.75. The van der Waals surface area contributed by atoms with E-state index in [0.717, 1.165) is 0 Å². The van der Waals surface area contributed by atoms with Gasteiger partial charge in [-0.15, -0.1) is 0 Å². The van der Waals surface area contributed by atoms with Gasteiger partial charge in [0, 0.05) is 15.9 Å². The molecule has 0 bridgehead atoms. The van der Waals surface area contributed by atoms with Crippen LogP contribution in [-0.4, -0.2) is 10.2 Å². The molecule has 110 valence electrons. The standard InChI is InChI=1S/C18H15O3P/c19-14-6-4-10-17(12-14)22(21,16-8-2-1-3-9-16)18-11-5-7-15(20)13-18/h1-13,19-20H. The lowest BCUT2D eigenvalue weighted by Gasteiger charge is -2.20. The van der Waals surface area contributed by atoms with Gasteiger partial charge in [0.1, 0.15) is 11.5 Å². The summed E-state index contributed by atoms with van der Waals surface area (Å²) < 4.78 is 13.9. The van der Waals surface area contributed by atoms with E-state index in [1.165, 1.54) is 12.1 Å². The molecule has 0 fully saturated rings. The van der Waals surface area contributed by atoms with Gasteiger partial charge in [0.05, 0.1) is 0 Å². The van der Waals surface area contributed by atoms with Crippen LogP contribution in [0.5, 0.6) is 11.5 Å². The zero-order chi connectivity index (χ0) is 15.6. The zero-order valence-corrected chi connectivity index (χ0v) is 12.6. The third-order valence-corrected chi connectivity index (χ3v) is 6.54. The molecule has 0 saturated heterocycles. The fourth-order valence-electron chi connectivity index (χ4n) is 2.46. The molecule has 0 unspecified atom stereocenters. The molecule has 0 spiro atoms. The second-order valence-electron chi connectivity index (χ2n) is 4.98. The van der Waals surface area contributed by atoms with E-state index in [9.17, 15) is 14.8 Å². The van der Waals surface area contributed by atoms with Gasteiger partial charge in [-0.1, -0.05) is 54.6 Å². The van der Waals surface area contributed by atoms with Crippen LogP contribution in [0.1, 0.15) is 0 Å². The van der Waals surface area contributed by atoms with Gasteiger partial charge in [-0.05, 0) is 24.3 Å². The Morgan fingerprint density at radius 1 is 0.591 bits per heavy atom. The van der Waals surface area contributed by atoms with E-state index < -0.39 is 7.14 Å². The minimum atomic E-state index is -3.15. The van der Waals surface area contributed by atoms with Crippen molar-refractivity contribution in [3.05, 3.63) is 78.9 Å². The quantitative estimate of drug-likeness (QED) is 0.731. The number of phenolic OH excluding ortho intramolecular Hbond substituents is 2. The summed E-state index contributed by atoms with van der Waals surface area (Å²) in [5.41, 5.74) is 0. The molecule has 0 aliphatic heterocycles. The van der Waals surface area contributed by atoms with Crippen molar-refractivity contribution < 1.29 is 14.8 Å². The molecule has 3 aromatic carbocycles. The Morgan fingerprint density at radius 3 is 1.50 bits per heavy atom. The summed E-state index contributed by atoms with van der Waals surface area (Å²) in [5.74, 6) is 0.127. The fourth-order valence-corrected chi connectivity index (χ4v) is 5.17. The van der Waals surface area contributed by atoms with Crippen molar-refractivity contribution in [3.63, 3.8) is 0 Å². The predicted molar refractivity (Wildman–Crippen MR) is 89.2 cm³/mol. The van der Waals surface area contributed by atoms with E-state index in [2.05, 4.69) is 0 Å². The molecule has 0 saturated carbocycles. The summed E-state index contributed by atoms with van der Waals surface area (Å²) >= 11 is 0. The molecular formula is C18H15O3P. The van der Waals surface area contributed by atoms with E-state index in [1.807, 2.05) is 18.2 Å². The maximum Gasteiger partial charge on any atom is 0.171 e. The minimum Gasteiger partial charge on any atom is -0.508 e. The maximum absolute atomic E-state index is 13.9. The van der Waals surface area contributed by atoms with Crippen molar-refractivity contribution in [1.82, 2.24) is 0 Å². The van der Waals surface area contributed by atoms with Crippen molar-refractivity contribution in [2.45, 2.75) is 0 Å². The van der Waals surface area contributed by atoms with Crippen LogP contribution in [0.4, 0.5) is 0 Å². The number of hydrogen-bond donors (Lipinski definition) is 2. The lowest BCUT2D eigenvalue weighted by atomic mass is 10.3. The molecule has 3 aromatic rings. The van der Waals surface area contributed by atoms with Crippen LogP contribution in [0, 0.1) is 0 Å². The Hall–Kier alpha value is -2.51. The summed E-state index contributed by atoms with van der Waals surface area (Å²) in [5, 5.41) is 21.2. The number of hydrogen-bond acceptors (Lipinski definition) is 3. The van der Waals surface area contributed by atoms with Crippen molar-refractivity contribution in [3.8, 4) is 11.5 Å². The summed E-state index contributed by atoms with van der Waals surface area (Å²) in [7, 11) is -3.15. The average Bonchev–Trinajstić information content (AvgIpc) is 2.55. The normalized spacial score (nSPS) is 11.3. The highest BCUT2D eigenvalue weighted by Gasteiger charge is 2.30. The Labute approximate surface area is 128 Å². The third kappa shape index (κ3) is 2.51. The van der Waals surface area contributed by atoms with Gasteiger partial charge < -0.3 is 14.8 Å². The van der Waals surface area contributed by atoms with Crippen LogP contribution in [0.15, 0.2) is 78.9 Å². The summed E-state index contributed by atoms with van der Waals surface area (Å²) in [6.07, 6.45) is 0. The van der Waals surface area contributed by atoms with Crippen LogP contribution >= 0.6 is 7.14 Å². The maximum atomic E-state index is 13.9. The van der Waals surface area contributed by atoms with Gasteiger partial charge in [-0.3, -0.25) is 0 Å². The lowest BCUT2D eigenvalue weighted by Crippen LogP contribution is -2.24. The third-order valence-electron chi connectivity index (χ3n) is 3.51. The van der Waals surface area contributed by atoms with Crippen molar-refractivity contribution in [2.75, 3.05) is 0 Å². The summed E-state index contributed by atoms with van der Waals surface area (Å²) in [6.45, 7) is 0. The Morgan fingerprint density at radius 2 is 1.05 bits per heavy atom. The van der Waals surface area contributed by atoms with Crippen molar-refractivity contribution in [2.24, 2.45) is 0 Å². The molecule has 0 aliphatic rings.